The Morgan fingerprint density at radius 2 is 0.500 bits per heavy atom. The molecule has 0 amide bonds. The van der Waals surface area contributed by atoms with Gasteiger partial charge in [-0.2, -0.15) is 0 Å². The predicted octanol–water partition coefficient (Wildman–Crippen LogP) is 17.6. The van der Waals surface area contributed by atoms with Crippen LogP contribution in [-0.4, -0.2) is 19.9 Å². The van der Waals surface area contributed by atoms with Gasteiger partial charge in [-0.05, 0) is 84.9 Å². The summed E-state index contributed by atoms with van der Waals surface area (Å²) in [5.41, 5.74) is 14.2. The number of fused-ring (bicyclic) bond motifs is 5. The highest BCUT2D eigenvalue weighted by Crippen LogP contribution is 2.56. The molecule has 2 aliphatic heterocycles. The molecule has 12 aromatic rings. The van der Waals surface area contributed by atoms with Crippen molar-refractivity contribution in [3.05, 3.63) is 255 Å². The zero-order valence-electron chi connectivity index (χ0n) is 39.7. The first kappa shape index (κ1) is 42.7. The lowest BCUT2D eigenvalue weighted by molar-refractivity contribution is 0.477. The van der Waals surface area contributed by atoms with Crippen LogP contribution in [0.15, 0.2) is 255 Å². The fraction of sp³-hybridized carbons (Fsp3) is 0. The fourth-order valence-corrected chi connectivity index (χ4v) is 10.2. The molecule has 0 N–H and O–H groups in total. The first-order valence-electron chi connectivity index (χ1n) is 24.6. The summed E-state index contributed by atoms with van der Waals surface area (Å²) in [6, 6.07) is 87.3. The van der Waals surface area contributed by atoms with Crippen LogP contribution < -0.4 is 19.3 Å². The predicted molar refractivity (Wildman–Crippen MR) is 297 cm³/mol. The quantitative estimate of drug-likeness (QED) is 0.149. The Labute approximate surface area is 427 Å². The van der Waals surface area contributed by atoms with Crippen LogP contribution in [0.25, 0.3) is 78.6 Å². The molecule has 4 heterocycles. The Morgan fingerprint density at radius 1 is 0.230 bits per heavy atom. The number of para-hydroxylation sites is 8. The third-order valence-corrected chi connectivity index (χ3v) is 13.6. The molecule has 74 heavy (non-hydrogen) atoms. The maximum atomic E-state index is 6.68. The molecule has 0 saturated heterocycles. The van der Waals surface area contributed by atoms with E-state index in [1.807, 2.05) is 121 Å². The van der Waals surface area contributed by atoms with Crippen molar-refractivity contribution < 1.29 is 9.47 Å². The Morgan fingerprint density at radius 3 is 0.824 bits per heavy atom. The minimum atomic E-state index is 0.629. The standard InChI is InChI=1S/C66H42N6O2/c1-5-21-43(22-6-1)51-41-53(69-65(67-51)45-25-9-3-10-26-45)47-37-49-50(59(39-47)71-55-29-13-17-33-61(55)73-62-34-18-14-30-56(62)71)38-48(40-60(49)72-57-31-15-19-35-63(57)74-64-36-20-16-32-58(64)72)54-42-52(44-23-7-2-8-24-44)68-66(70-54)46-27-11-4-12-28-46/h1-42H. The lowest BCUT2D eigenvalue weighted by Gasteiger charge is -2.36. The van der Waals surface area contributed by atoms with Gasteiger partial charge in [0.05, 0.1) is 56.9 Å². The lowest BCUT2D eigenvalue weighted by Crippen LogP contribution is -2.18. The van der Waals surface area contributed by atoms with E-state index < -0.39 is 0 Å². The molecule has 348 valence electrons. The van der Waals surface area contributed by atoms with Gasteiger partial charge >= 0.3 is 0 Å². The van der Waals surface area contributed by atoms with E-state index in [1.54, 1.807) is 0 Å². The van der Waals surface area contributed by atoms with E-state index in [4.69, 9.17) is 29.4 Å². The first-order valence-corrected chi connectivity index (χ1v) is 24.6. The number of hydrogen-bond acceptors (Lipinski definition) is 8. The number of ether oxygens (including phenoxy) is 2. The molecule has 8 nitrogen and oxygen atoms in total. The number of aromatic nitrogens is 4. The first-order chi connectivity index (χ1) is 36.7. The van der Waals surface area contributed by atoms with Crippen LogP contribution in [0.2, 0.25) is 0 Å². The molecular weight excluding hydrogens is 909 g/mol. The van der Waals surface area contributed by atoms with E-state index in [-0.39, 0.29) is 0 Å². The van der Waals surface area contributed by atoms with Crippen molar-refractivity contribution in [2.45, 2.75) is 0 Å². The smallest absolute Gasteiger partial charge is 0.160 e. The summed E-state index contributed by atoms with van der Waals surface area (Å²) >= 11 is 0. The van der Waals surface area contributed by atoms with Gasteiger partial charge in [0.2, 0.25) is 0 Å². The van der Waals surface area contributed by atoms with Gasteiger partial charge in [0.15, 0.2) is 34.6 Å². The minimum absolute atomic E-state index is 0.629. The molecule has 0 unspecified atom stereocenters. The number of rotatable bonds is 8. The largest absolute Gasteiger partial charge is 0.453 e. The highest BCUT2D eigenvalue weighted by atomic mass is 16.5. The summed E-state index contributed by atoms with van der Waals surface area (Å²) < 4.78 is 13.4. The highest BCUT2D eigenvalue weighted by molar-refractivity contribution is 6.12. The molecule has 0 radical (unpaired) electrons. The Kier molecular flexibility index (Phi) is 10.3. The monoisotopic (exact) mass is 950 g/mol. The van der Waals surface area contributed by atoms with Gasteiger partial charge in [-0.25, -0.2) is 19.9 Å². The van der Waals surface area contributed by atoms with Crippen molar-refractivity contribution in [2.75, 3.05) is 9.80 Å². The summed E-state index contributed by atoms with van der Waals surface area (Å²) in [4.78, 5) is 25.9. The van der Waals surface area contributed by atoms with Crippen LogP contribution in [0.3, 0.4) is 0 Å². The molecular formula is C66H42N6O2. The summed E-state index contributed by atoms with van der Waals surface area (Å²) in [6.45, 7) is 0. The lowest BCUT2D eigenvalue weighted by atomic mass is 9.94. The maximum Gasteiger partial charge on any atom is 0.160 e. The summed E-state index contributed by atoms with van der Waals surface area (Å²) in [5, 5.41) is 1.94. The second-order valence-corrected chi connectivity index (χ2v) is 18.2. The van der Waals surface area contributed by atoms with Crippen molar-refractivity contribution in [3.63, 3.8) is 0 Å². The van der Waals surface area contributed by atoms with Gasteiger partial charge in [0.25, 0.3) is 0 Å². The van der Waals surface area contributed by atoms with Crippen molar-refractivity contribution >= 4 is 44.9 Å². The zero-order valence-corrected chi connectivity index (χ0v) is 39.7. The van der Waals surface area contributed by atoms with E-state index in [1.165, 1.54) is 0 Å². The van der Waals surface area contributed by atoms with Gasteiger partial charge in [0.1, 0.15) is 0 Å². The van der Waals surface area contributed by atoms with E-state index in [9.17, 15) is 0 Å². The molecule has 0 spiro atoms. The SMILES string of the molecule is c1ccc(-c2cc(-c3cc(N4c5ccccc5Oc5ccccc54)c4cc(-c5cc(-c6ccccc6)nc(-c6ccccc6)n5)cc(N5c6ccccc6Oc6ccccc65)c4c3)nc(-c3ccccc3)n2)cc1. The van der Waals surface area contributed by atoms with Gasteiger partial charge in [-0.1, -0.05) is 170 Å². The molecule has 14 rings (SSSR count). The van der Waals surface area contributed by atoms with Gasteiger partial charge in [-0.15, -0.1) is 0 Å². The third-order valence-electron chi connectivity index (χ3n) is 13.6. The normalized spacial score (nSPS) is 12.2. The number of hydrogen-bond donors (Lipinski definition) is 0. The van der Waals surface area contributed by atoms with Crippen molar-refractivity contribution in [3.8, 4) is 90.8 Å². The molecule has 0 saturated carbocycles. The van der Waals surface area contributed by atoms with Crippen LogP contribution in [0.5, 0.6) is 23.0 Å². The van der Waals surface area contributed by atoms with E-state index in [0.29, 0.717) is 11.6 Å². The van der Waals surface area contributed by atoms with Crippen molar-refractivity contribution in [1.29, 1.82) is 0 Å². The molecule has 0 atom stereocenters. The average molecular weight is 951 g/mol. The van der Waals surface area contributed by atoms with Crippen LogP contribution in [0.1, 0.15) is 0 Å². The number of benzene rings is 10. The van der Waals surface area contributed by atoms with Crippen molar-refractivity contribution in [2.24, 2.45) is 0 Å². The molecule has 2 aromatic heterocycles. The Bertz CT molecular complexity index is 3620. The maximum absolute atomic E-state index is 6.68. The molecule has 0 fully saturated rings. The Hall–Kier alpha value is -10.2. The minimum Gasteiger partial charge on any atom is -0.453 e. The van der Waals surface area contributed by atoms with Crippen LogP contribution in [0, 0.1) is 0 Å². The fourth-order valence-electron chi connectivity index (χ4n) is 10.2. The van der Waals surface area contributed by atoms with Crippen molar-refractivity contribution in [1.82, 2.24) is 19.9 Å². The third kappa shape index (κ3) is 7.57. The van der Waals surface area contributed by atoms with Gasteiger partial charge < -0.3 is 19.3 Å². The van der Waals surface area contributed by atoms with E-state index >= 15 is 0 Å². The van der Waals surface area contributed by atoms with E-state index in [2.05, 4.69) is 143 Å². The van der Waals surface area contributed by atoms with Gasteiger partial charge in [0, 0.05) is 44.2 Å². The van der Waals surface area contributed by atoms with E-state index in [0.717, 1.165) is 124 Å². The summed E-state index contributed by atoms with van der Waals surface area (Å²) in [7, 11) is 0. The van der Waals surface area contributed by atoms with Crippen LogP contribution in [0.4, 0.5) is 34.1 Å². The molecule has 8 heteroatoms. The Balaban J connectivity index is 1.13. The molecule has 10 aromatic carbocycles. The molecule has 0 aliphatic carbocycles. The second-order valence-electron chi connectivity index (χ2n) is 18.2. The second kappa shape index (κ2) is 17.9. The van der Waals surface area contributed by atoms with Gasteiger partial charge in [-0.3, -0.25) is 0 Å². The topological polar surface area (TPSA) is 76.5 Å². The molecule has 2 aliphatic rings. The number of anilines is 6. The number of nitrogens with zero attached hydrogens (tertiary/aromatic N) is 6. The average Bonchev–Trinajstić information content (AvgIpc) is 3.48. The van der Waals surface area contributed by atoms with Crippen LogP contribution >= 0.6 is 0 Å². The summed E-state index contributed by atoms with van der Waals surface area (Å²) in [6.07, 6.45) is 0. The van der Waals surface area contributed by atoms with Crippen LogP contribution in [-0.2, 0) is 0 Å². The highest BCUT2D eigenvalue weighted by Gasteiger charge is 2.32. The summed E-state index contributed by atoms with van der Waals surface area (Å²) in [5.74, 6) is 4.23. The molecule has 0 bridgehead atoms. The zero-order chi connectivity index (χ0) is 49.0.